The molecule has 11 heteroatoms. The first-order valence-corrected chi connectivity index (χ1v) is 10.1. The van der Waals surface area contributed by atoms with Crippen LogP contribution in [0.25, 0.3) is 0 Å². The lowest BCUT2D eigenvalue weighted by molar-refractivity contribution is -0.142. The van der Waals surface area contributed by atoms with Gasteiger partial charge in [0, 0.05) is 6.42 Å². The number of rotatable bonds is 12. The van der Waals surface area contributed by atoms with Crippen LogP contribution in [0.3, 0.4) is 0 Å². The zero-order valence-corrected chi connectivity index (χ0v) is 18.3. The Labute approximate surface area is 186 Å². The summed E-state index contributed by atoms with van der Waals surface area (Å²) in [6, 6.07) is 4.15. The zero-order valence-electron chi connectivity index (χ0n) is 18.3. The van der Waals surface area contributed by atoms with Crippen LogP contribution in [0, 0.1) is 5.92 Å². The minimum atomic E-state index is -1.33. The van der Waals surface area contributed by atoms with Gasteiger partial charge in [-0.2, -0.15) is 0 Å². The molecule has 4 unspecified atom stereocenters. The second-order valence-electron chi connectivity index (χ2n) is 7.84. The van der Waals surface area contributed by atoms with Crippen molar-refractivity contribution in [1.29, 1.82) is 0 Å². The molecular formula is C21H31N5O6. The van der Waals surface area contributed by atoms with Crippen LogP contribution in [0.5, 0.6) is 0 Å². The van der Waals surface area contributed by atoms with Crippen LogP contribution in [0.4, 0.5) is 0 Å². The minimum Gasteiger partial charge on any atom is -0.480 e. The summed E-state index contributed by atoms with van der Waals surface area (Å²) in [5, 5.41) is 16.7. The summed E-state index contributed by atoms with van der Waals surface area (Å²) in [5.41, 5.74) is 11.4. The quantitative estimate of drug-likeness (QED) is 0.227. The van der Waals surface area contributed by atoms with E-state index in [1.54, 1.807) is 44.2 Å². The maximum Gasteiger partial charge on any atom is 0.326 e. The standard InChI is InChI=1S/C21H31N5O6/c1-11(2)17(26-19(29)14(10-16(23)27)24-18(28)12(3)22)20(30)25-15(21(31)32)9-13-7-5-4-6-8-13/h4-8,11-12,14-15,17H,9-10,22H2,1-3H3,(H2,23,27)(H,24,28)(H,25,30)(H,26,29)(H,31,32). The summed E-state index contributed by atoms with van der Waals surface area (Å²) in [6.45, 7) is 4.71. The predicted molar refractivity (Wildman–Crippen MR) is 116 cm³/mol. The van der Waals surface area contributed by atoms with Crippen LogP contribution >= 0.6 is 0 Å². The van der Waals surface area contributed by atoms with Crippen molar-refractivity contribution >= 4 is 29.6 Å². The Balaban J connectivity index is 2.95. The molecule has 8 N–H and O–H groups in total. The Kier molecular flexibility index (Phi) is 10.3. The highest BCUT2D eigenvalue weighted by Gasteiger charge is 2.32. The van der Waals surface area contributed by atoms with E-state index in [9.17, 15) is 29.1 Å². The normalized spacial score (nSPS) is 14.5. The van der Waals surface area contributed by atoms with Crippen LogP contribution in [0.2, 0.25) is 0 Å². The number of carbonyl (C=O) groups is 5. The molecule has 0 saturated heterocycles. The monoisotopic (exact) mass is 449 g/mol. The van der Waals surface area contributed by atoms with Gasteiger partial charge < -0.3 is 32.5 Å². The topological polar surface area (TPSA) is 194 Å². The fourth-order valence-corrected chi connectivity index (χ4v) is 2.81. The second kappa shape index (κ2) is 12.4. The molecule has 0 aliphatic carbocycles. The fourth-order valence-electron chi connectivity index (χ4n) is 2.81. The molecule has 0 fully saturated rings. The minimum absolute atomic E-state index is 0.0510. The van der Waals surface area contributed by atoms with Gasteiger partial charge in [-0.1, -0.05) is 44.2 Å². The highest BCUT2D eigenvalue weighted by Crippen LogP contribution is 2.07. The highest BCUT2D eigenvalue weighted by atomic mass is 16.4. The van der Waals surface area contributed by atoms with E-state index in [-0.39, 0.29) is 6.42 Å². The third kappa shape index (κ3) is 8.72. The molecule has 0 saturated carbocycles. The number of carboxylic acid groups (broad SMARTS) is 1. The third-order valence-corrected chi connectivity index (χ3v) is 4.60. The molecule has 32 heavy (non-hydrogen) atoms. The molecule has 4 atom stereocenters. The van der Waals surface area contributed by atoms with E-state index < -0.39 is 66.1 Å². The van der Waals surface area contributed by atoms with Crippen LogP contribution in [0.1, 0.15) is 32.8 Å². The Morgan fingerprint density at radius 1 is 0.875 bits per heavy atom. The fraction of sp³-hybridized carbons (Fsp3) is 0.476. The molecular weight excluding hydrogens is 418 g/mol. The number of nitrogens with two attached hydrogens (primary N) is 2. The van der Waals surface area contributed by atoms with Crippen LogP contribution in [0.15, 0.2) is 30.3 Å². The molecule has 1 aromatic carbocycles. The van der Waals surface area contributed by atoms with Gasteiger partial charge in [0.2, 0.25) is 23.6 Å². The lowest BCUT2D eigenvalue weighted by atomic mass is 10.0. The molecule has 0 heterocycles. The number of aliphatic carboxylic acids is 1. The molecule has 0 aliphatic heterocycles. The van der Waals surface area contributed by atoms with E-state index in [2.05, 4.69) is 16.0 Å². The second-order valence-corrected chi connectivity index (χ2v) is 7.84. The molecule has 4 amide bonds. The van der Waals surface area contributed by atoms with Gasteiger partial charge >= 0.3 is 5.97 Å². The van der Waals surface area contributed by atoms with Gasteiger partial charge in [0.05, 0.1) is 12.5 Å². The SMILES string of the molecule is CC(N)C(=O)NC(CC(N)=O)C(=O)NC(C(=O)NC(Cc1ccccc1)C(=O)O)C(C)C. The van der Waals surface area contributed by atoms with E-state index >= 15 is 0 Å². The lowest BCUT2D eigenvalue weighted by Gasteiger charge is -2.26. The average Bonchev–Trinajstić information content (AvgIpc) is 2.70. The lowest BCUT2D eigenvalue weighted by Crippen LogP contribution is -2.59. The van der Waals surface area contributed by atoms with E-state index in [4.69, 9.17) is 11.5 Å². The number of carbonyl (C=O) groups excluding carboxylic acids is 4. The van der Waals surface area contributed by atoms with Crippen molar-refractivity contribution in [2.45, 2.75) is 57.8 Å². The number of benzene rings is 1. The average molecular weight is 450 g/mol. The molecule has 1 rings (SSSR count). The van der Waals surface area contributed by atoms with Gasteiger partial charge in [-0.25, -0.2) is 4.79 Å². The first kappa shape index (κ1) is 26.6. The van der Waals surface area contributed by atoms with Crippen molar-refractivity contribution in [2.24, 2.45) is 17.4 Å². The molecule has 0 bridgehead atoms. The molecule has 1 aromatic rings. The molecule has 176 valence electrons. The Hall–Kier alpha value is -3.47. The van der Waals surface area contributed by atoms with E-state index in [1.165, 1.54) is 6.92 Å². The van der Waals surface area contributed by atoms with Gasteiger partial charge in [0.1, 0.15) is 18.1 Å². The maximum absolute atomic E-state index is 12.8. The maximum atomic E-state index is 12.8. The van der Waals surface area contributed by atoms with Gasteiger partial charge in [-0.15, -0.1) is 0 Å². The van der Waals surface area contributed by atoms with Crippen LogP contribution in [-0.2, 0) is 30.4 Å². The summed E-state index contributed by atoms with van der Waals surface area (Å²) in [5.74, 6) is -4.70. The van der Waals surface area contributed by atoms with Crippen LogP contribution in [-0.4, -0.2) is 58.9 Å². The van der Waals surface area contributed by atoms with E-state index in [1.807, 2.05) is 0 Å². The van der Waals surface area contributed by atoms with Crippen molar-refractivity contribution in [3.63, 3.8) is 0 Å². The molecule has 0 spiro atoms. The smallest absolute Gasteiger partial charge is 0.326 e. The van der Waals surface area contributed by atoms with Crippen molar-refractivity contribution in [3.05, 3.63) is 35.9 Å². The summed E-state index contributed by atoms with van der Waals surface area (Å²) >= 11 is 0. The number of nitrogens with one attached hydrogen (secondary N) is 3. The first-order chi connectivity index (χ1) is 14.9. The Morgan fingerprint density at radius 3 is 1.91 bits per heavy atom. The number of amides is 4. The van der Waals surface area contributed by atoms with Crippen molar-refractivity contribution in [3.8, 4) is 0 Å². The van der Waals surface area contributed by atoms with Crippen molar-refractivity contribution < 1.29 is 29.1 Å². The molecule has 0 radical (unpaired) electrons. The van der Waals surface area contributed by atoms with Gasteiger partial charge in [-0.05, 0) is 18.4 Å². The largest absolute Gasteiger partial charge is 0.480 e. The highest BCUT2D eigenvalue weighted by molar-refractivity contribution is 5.96. The van der Waals surface area contributed by atoms with E-state index in [0.717, 1.165) is 0 Å². The van der Waals surface area contributed by atoms with Crippen LogP contribution < -0.4 is 27.4 Å². The molecule has 11 nitrogen and oxygen atoms in total. The number of primary amides is 1. The van der Waals surface area contributed by atoms with Gasteiger partial charge in [0.15, 0.2) is 0 Å². The van der Waals surface area contributed by atoms with Crippen molar-refractivity contribution in [2.75, 3.05) is 0 Å². The number of carboxylic acids is 1. The van der Waals surface area contributed by atoms with E-state index in [0.29, 0.717) is 5.56 Å². The summed E-state index contributed by atoms with van der Waals surface area (Å²) in [6.07, 6.45) is -0.447. The summed E-state index contributed by atoms with van der Waals surface area (Å²) in [7, 11) is 0. The Morgan fingerprint density at radius 2 is 1.44 bits per heavy atom. The first-order valence-electron chi connectivity index (χ1n) is 10.1. The summed E-state index contributed by atoms with van der Waals surface area (Å²) in [4.78, 5) is 60.4. The zero-order chi connectivity index (χ0) is 24.4. The van der Waals surface area contributed by atoms with Gasteiger partial charge in [-0.3, -0.25) is 19.2 Å². The molecule has 0 aliphatic rings. The predicted octanol–water partition coefficient (Wildman–Crippen LogP) is -1.35. The van der Waals surface area contributed by atoms with Crippen molar-refractivity contribution in [1.82, 2.24) is 16.0 Å². The van der Waals surface area contributed by atoms with Gasteiger partial charge in [0.25, 0.3) is 0 Å². The number of hydrogen-bond donors (Lipinski definition) is 6. The summed E-state index contributed by atoms with van der Waals surface area (Å²) < 4.78 is 0. The Bertz CT molecular complexity index is 827. The molecule has 0 aromatic heterocycles. The number of hydrogen-bond acceptors (Lipinski definition) is 6. The third-order valence-electron chi connectivity index (χ3n) is 4.60.